The number of amides is 3. The highest BCUT2D eigenvalue weighted by molar-refractivity contribution is 6.26. The van der Waals surface area contributed by atoms with Crippen LogP contribution >= 0.6 is 0 Å². The number of unbranched alkanes of at least 4 members (excludes halogenated alkanes) is 1. The molecular weight excluding hydrogens is 732 g/mol. The molecule has 0 saturated heterocycles. The third-order valence-corrected chi connectivity index (χ3v) is 9.45. The fourth-order valence-corrected chi connectivity index (χ4v) is 6.89. The summed E-state index contributed by atoms with van der Waals surface area (Å²) >= 11 is 0. The van der Waals surface area contributed by atoms with Gasteiger partial charge in [-0.25, -0.2) is 19.6 Å². The lowest BCUT2D eigenvalue weighted by atomic mass is 9.96. The molecule has 1 unspecified atom stereocenters. The number of nitrogens with one attached hydrogen (secondary N) is 2. The Bertz CT molecular complexity index is 2330. The Morgan fingerprint density at radius 3 is 2.46 bits per heavy atom. The number of hydrogen-bond donors (Lipinski definition) is 3. The van der Waals surface area contributed by atoms with Crippen LogP contribution in [0.1, 0.15) is 87.6 Å². The van der Waals surface area contributed by atoms with Gasteiger partial charge in [0.15, 0.2) is 12.4 Å². The van der Waals surface area contributed by atoms with Crippen LogP contribution in [0.25, 0.3) is 22.2 Å². The van der Waals surface area contributed by atoms with E-state index in [4.69, 9.17) is 9.47 Å². The lowest BCUT2D eigenvalue weighted by Gasteiger charge is -2.24. The Balaban J connectivity index is 1.17. The molecule has 1 aliphatic heterocycles. The molecule has 2 aromatic carbocycles. The van der Waals surface area contributed by atoms with E-state index in [1.807, 2.05) is 47.9 Å². The summed E-state index contributed by atoms with van der Waals surface area (Å²) in [6.07, 6.45) is 4.49. The van der Waals surface area contributed by atoms with Crippen LogP contribution in [0, 0.1) is 6.92 Å². The Hall–Kier alpha value is -6.51. The number of aryl methyl sites for hydroxylation is 2. The van der Waals surface area contributed by atoms with E-state index in [1.165, 1.54) is 5.01 Å². The number of fused-ring (bicyclic) bond motifs is 1. The first-order valence-corrected chi connectivity index (χ1v) is 18.9. The largest absolute Gasteiger partial charge is 0.480 e. The molecule has 2 aliphatic rings. The van der Waals surface area contributed by atoms with Gasteiger partial charge in [0.25, 0.3) is 11.5 Å². The third kappa shape index (κ3) is 9.31. The molecule has 0 spiro atoms. The lowest BCUT2D eigenvalue weighted by Crippen LogP contribution is -2.45. The molecule has 3 heterocycles. The zero-order valence-corrected chi connectivity index (χ0v) is 32.4. The first kappa shape index (κ1) is 40.2. The number of rotatable bonds is 14. The standard InChI is InChI=1S/C42H46N6O9/c1-26-23-28-15-12-17-30-37(28)47(26)33(27-13-6-5-7-14-27)24-46(38(30)51)48-34(44-31-18-9-8-16-29(31)39(48)52)25-56-36(50)21-20-35(49)45-32(40(53)54)19-10-11-22-43-41(55)57-42(2,3)4/h5-9,13-14,16-18,23-24,32H,10-12,15,19-22,25H2,1-4H3,(H,43,55)(H,45,49)(H,53,54). The van der Waals surface area contributed by atoms with Crippen LogP contribution in [0.4, 0.5) is 4.79 Å². The number of nitrogens with zero attached hydrogens (tertiary/aromatic N) is 4. The number of allylic oxidation sites excluding steroid dienone is 1. The van der Waals surface area contributed by atoms with Crippen molar-refractivity contribution in [1.82, 2.24) is 24.9 Å². The smallest absolute Gasteiger partial charge is 0.407 e. The number of aromatic nitrogens is 3. The zero-order chi connectivity index (χ0) is 40.9. The maximum atomic E-state index is 14.6. The molecule has 2 aromatic heterocycles. The number of carbonyl (C=O) groups is 5. The van der Waals surface area contributed by atoms with Gasteiger partial charge >= 0.3 is 18.0 Å². The minimum absolute atomic E-state index is 0.0273. The van der Waals surface area contributed by atoms with Gasteiger partial charge in [0.2, 0.25) is 5.91 Å². The van der Waals surface area contributed by atoms with Crippen LogP contribution in [0.5, 0.6) is 0 Å². The van der Waals surface area contributed by atoms with Crippen LogP contribution in [-0.4, -0.2) is 67.4 Å². The van der Waals surface area contributed by atoms with Crippen molar-refractivity contribution in [3.8, 4) is 0 Å². The molecule has 4 aromatic rings. The van der Waals surface area contributed by atoms with Crippen LogP contribution < -0.4 is 21.2 Å². The van der Waals surface area contributed by atoms with Crippen LogP contribution in [0.3, 0.4) is 0 Å². The molecule has 15 nitrogen and oxygen atoms in total. The number of hydrogen-bond acceptors (Lipinski definition) is 9. The van der Waals surface area contributed by atoms with Crippen molar-refractivity contribution < 1.29 is 38.6 Å². The molecule has 0 radical (unpaired) electrons. The average Bonchev–Trinajstić information content (AvgIpc) is 3.44. The highest BCUT2D eigenvalue weighted by Crippen LogP contribution is 2.37. The molecule has 3 N–H and O–H groups in total. The number of carboxylic acid groups (broad SMARTS) is 1. The second-order valence-corrected chi connectivity index (χ2v) is 14.9. The Morgan fingerprint density at radius 1 is 0.982 bits per heavy atom. The highest BCUT2D eigenvalue weighted by atomic mass is 16.6. The minimum Gasteiger partial charge on any atom is -0.480 e. The van der Waals surface area contributed by atoms with E-state index in [-0.39, 0.29) is 37.0 Å². The summed E-state index contributed by atoms with van der Waals surface area (Å²) in [5.74, 6) is -3.19. The summed E-state index contributed by atoms with van der Waals surface area (Å²) in [7, 11) is 0. The van der Waals surface area contributed by atoms with Gasteiger partial charge in [-0.3, -0.25) is 19.2 Å². The first-order chi connectivity index (χ1) is 27.2. The van der Waals surface area contributed by atoms with Crippen molar-refractivity contribution in [2.24, 2.45) is 0 Å². The van der Waals surface area contributed by atoms with Gasteiger partial charge in [0.1, 0.15) is 11.6 Å². The van der Waals surface area contributed by atoms with E-state index in [0.29, 0.717) is 36.0 Å². The predicted octanol–water partition coefficient (Wildman–Crippen LogP) is 4.95. The number of ether oxygens (including phenoxy) is 2. The summed E-state index contributed by atoms with van der Waals surface area (Å²) in [5.41, 5.74) is 3.72. The molecule has 1 aliphatic carbocycles. The van der Waals surface area contributed by atoms with Gasteiger partial charge < -0.3 is 29.8 Å². The molecule has 6 rings (SSSR count). The predicted molar refractivity (Wildman–Crippen MR) is 211 cm³/mol. The fraction of sp³-hybridized carbons (Fsp3) is 0.357. The molecule has 0 saturated carbocycles. The monoisotopic (exact) mass is 778 g/mol. The number of alkyl carbamates (subject to hydrolysis) is 1. The Labute approximate surface area is 328 Å². The summed E-state index contributed by atoms with van der Waals surface area (Å²) in [5, 5.41) is 16.2. The molecule has 3 amide bonds. The summed E-state index contributed by atoms with van der Waals surface area (Å²) in [4.78, 5) is 83.0. The van der Waals surface area contributed by atoms with Crippen molar-refractivity contribution in [2.45, 2.75) is 90.9 Å². The van der Waals surface area contributed by atoms with E-state index in [9.17, 15) is 33.9 Å². The van der Waals surface area contributed by atoms with Crippen molar-refractivity contribution >= 4 is 52.0 Å². The van der Waals surface area contributed by atoms with E-state index < -0.39 is 53.7 Å². The molecule has 15 heteroatoms. The number of carboxylic acids is 1. The van der Waals surface area contributed by atoms with E-state index in [1.54, 1.807) is 51.2 Å². The van der Waals surface area contributed by atoms with Gasteiger partial charge in [-0.05, 0) is 83.6 Å². The highest BCUT2D eigenvalue weighted by Gasteiger charge is 2.34. The molecule has 298 valence electrons. The molecule has 0 bridgehead atoms. The van der Waals surface area contributed by atoms with Gasteiger partial charge in [0.05, 0.1) is 40.5 Å². The SMILES string of the molecule is Cc1cc2c3n1C(c1ccccc1)=CN(n1c(COC(=O)CCC(=O)NC(CCCCNC(=O)OC(C)(C)C)C(=O)O)nc4ccccc4c1=O)C(=O)C3=CCC2. The van der Waals surface area contributed by atoms with Crippen molar-refractivity contribution in [3.05, 3.63) is 112 Å². The Morgan fingerprint density at radius 2 is 1.72 bits per heavy atom. The number of esters is 1. The first-order valence-electron chi connectivity index (χ1n) is 18.9. The average molecular weight is 779 g/mol. The Kier molecular flexibility index (Phi) is 12.0. The third-order valence-electron chi connectivity index (χ3n) is 9.45. The number of carbonyl (C=O) groups excluding carboxylic acids is 4. The maximum absolute atomic E-state index is 14.6. The number of benzene rings is 2. The van der Waals surface area contributed by atoms with Crippen LogP contribution in [0.15, 0.2) is 77.7 Å². The van der Waals surface area contributed by atoms with Gasteiger partial charge in [0, 0.05) is 24.2 Å². The van der Waals surface area contributed by atoms with E-state index >= 15 is 0 Å². The molecule has 1 atom stereocenters. The number of para-hydroxylation sites is 1. The summed E-state index contributed by atoms with van der Waals surface area (Å²) < 4.78 is 13.9. The topological polar surface area (TPSA) is 191 Å². The van der Waals surface area contributed by atoms with Crippen molar-refractivity contribution in [1.29, 1.82) is 0 Å². The van der Waals surface area contributed by atoms with Gasteiger partial charge in [-0.15, -0.1) is 0 Å². The normalized spacial score (nSPS) is 14.2. The fourth-order valence-electron chi connectivity index (χ4n) is 6.89. The minimum atomic E-state index is -1.23. The van der Waals surface area contributed by atoms with E-state index in [0.717, 1.165) is 33.6 Å². The lowest BCUT2D eigenvalue weighted by molar-refractivity contribution is -0.146. The molecule has 57 heavy (non-hydrogen) atoms. The van der Waals surface area contributed by atoms with Crippen molar-refractivity contribution in [2.75, 3.05) is 11.6 Å². The summed E-state index contributed by atoms with van der Waals surface area (Å²) in [6.45, 7) is 6.96. The van der Waals surface area contributed by atoms with E-state index in [2.05, 4.69) is 21.7 Å². The van der Waals surface area contributed by atoms with Crippen LogP contribution in [-0.2, 0) is 41.7 Å². The second kappa shape index (κ2) is 17.1. The van der Waals surface area contributed by atoms with Crippen LogP contribution in [0.2, 0.25) is 0 Å². The second-order valence-electron chi connectivity index (χ2n) is 14.9. The number of aliphatic carboxylic acids is 1. The quantitative estimate of drug-likeness (QED) is 0.117. The maximum Gasteiger partial charge on any atom is 0.407 e. The zero-order valence-electron chi connectivity index (χ0n) is 32.4. The summed E-state index contributed by atoms with van der Waals surface area (Å²) in [6, 6.07) is 17.1. The van der Waals surface area contributed by atoms with Gasteiger partial charge in [-0.1, -0.05) is 48.5 Å². The van der Waals surface area contributed by atoms with Crippen molar-refractivity contribution in [3.63, 3.8) is 0 Å². The van der Waals surface area contributed by atoms with Gasteiger partial charge in [-0.2, -0.15) is 4.68 Å². The molecular formula is C42H46N6O9. The molecule has 0 fully saturated rings.